The molecule has 1 heterocycles. The third-order valence-electron chi connectivity index (χ3n) is 3.16. The fourth-order valence-electron chi connectivity index (χ4n) is 2.12. The quantitative estimate of drug-likeness (QED) is 0.713. The van der Waals surface area contributed by atoms with Gasteiger partial charge in [0.05, 0.1) is 17.0 Å². The maximum Gasteiger partial charge on any atom is 0.193 e. The van der Waals surface area contributed by atoms with Gasteiger partial charge in [-0.15, -0.1) is 0 Å². The van der Waals surface area contributed by atoms with Gasteiger partial charge in [0.1, 0.15) is 11.3 Å². The normalized spacial score (nSPS) is 10.8. The van der Waals surface area contributed by atoms with Crippen LogP contribution in [0.4, 0.5) is 0 Å². The maximum absolute atomic E-state index is 12.0. The van der Waals surface area contributed by atoms with E-state index in [0.29, 0.717) is 22.3 Å². The molecule has 0 fully saturated rings. The number of nitrogens with zero attached hydrogens (tertiary/aromatic N) is 1. The van der Waals surface area contributed by atoms with Crippen LogP contribution >= 0.6 is 0 Å². The van der Waals surface area contributed by atoms with Gasteiger partial charge in [0.25, 0.3) is 0 Å². The first-order chi connectivity index (χ1) is 10.3. The number of rotatable bonds is 2. The smallest absolute Gasteiger partial charge is 0.193 e. The molecule has 1 aromatic heterocycles. The molecule has 3 heteroatoms. The van der Waals surface area contributed by atoms with Crippen LogP contribution in [0.1, 0.15) is 16.9 Å². The van der Waals surface area contributed by atoms with E-state index in [9.17, 15) is 4.79 Å². The molecule has 0 aliphatic carbocycles. The molecule has 0 unspecified atom stereocenters. The van der Waals surface area contributed by atoms with Crippen molar-refractivity contribution in [3.8, 4) is 6.07 Å². The molecule has 0 amide bonds. The Morgan fingerprint density at radius 1 is 1.00 bits per heavy atom. The molecule has 0 bridgehead atoms. The molecule has 0 aliphatic heterocycles. The zero-order valence-electron chi connectivity index (χ0n) is 11.1. The number of hydrogen-bond acceptors (Lipinski definition) is 3. The van der Waals surface area contributed by atoms with E-state index < -0.39 is 0 Å². The zero-order valence-corrected chi connectivity index (χ0v) is 11.1. The third kappa shape index (κ3) is 2.60. The molecule has 3 rings (SSSR count). The van der Waals surface area contributed by atoms with E-state index in [-0.39, 0.29) is 5.43 Å². The SMILES string of the molecule is N#Cc1ccccc1/C=C/c1cc(=O)c2ccccc2o1. The van der Waals surface area contributed by atoms with Crippen LogP contribution in [0.15, 0.2) is 63.8 Å². The van der Waals surface area contributed by atoms with Crippen LogP contribution in [-0.2, 0) is 0 Å². The third-order valence-corrected chi connectivity index (χ3v) is 3.16. The van der Waals surface area contributed by atoms with E-state index in [4.69, 9.17) is 9.68 Å². The molecule has 0 radical (unpaired) electrons. The van der Waals surface area contributed by atoms with E-state index in [1.54, 1.807) is 36.4 Å². The fourth-order valence-corrected chi connectivity index (χ4v) is 2.12. The van der Waals surface area contributed by atoms with Gasteiger partial charge in [-0.1, -0.05) is 30.3 Å². The lowest BCUT2D eigenvalue weighted by Crippen LogP contribution is -1.99. The van der Waals surface area contributed by atoms with Crippen LogP contribution in [0.25, 0.3) is 23.1 Å². The Kier molecular flexibility index (Phi) is 3.36. The molecule has 0 aliphatic rings. The Hall–Kier alpha value is -3.12. The summed E-state index contributed by atoms with van der Waals surface area (Å²) in [5.74, 6) is 0.464. The second-order valence-corrected chi connectivity index (χ2v) is 4.54. The van der Waals surface area contributed by atoms with Gasteiger partial charge < -0.3 is 4.42 Å². The highest BCUT2D eigenvalue weighted by Crippen LogP contribution is 2.15. The van der Waals surface area contributed by atoms with Gasteiger partial charge >= 0.3 is 0 Å². The van der Waals surface area contributed by atoms with E-state index in [2.05, 4.69) is 6.07 Å². The molecule has 3 nitrogen and oxygen atoms in total. The lowest BCUT2D eigenvalue weighted by molar-refractivity contribution is 0.591. The van der Waals surface area contributed by atoms with Crippen LogP contribution in [0.5, 0.6) is 0 Å². The second kappa shape index (κ2) is 5.48. The summed E-state index contributed by atoms with van der Waals surface area (Å²) in [7, 11) is 0. The number of fused-ring (bicyclic) bond motifs is 1. The predicted molar refractivity (Wildman–Crippen MR) is 82.6 cm³/mol. The first-order valence-electron chi connectivity index (χ1n) is 6.48. The van der Waals surface area contributed by atoms with Crippen molar-refractivity contribution in [3.63, 3.8) is 0 Å². The zero-order chi connectivity index (χ0) is 14.7. The van der Waals surface area contributed by atoms with E-state index >= 15 is 0 Å². The molecule has 2 aromatic carbocycles. The highest BCUT2D eigenvalue weighted by molar-refractivity contribution is 5.78. The van der Waals surface area contributed by atoms with Crippen LogP contribution in [0.2, 0.25) is 0 Å². The molecule has 0 N–H and O–H groups in total. The van der Waals surface area contributed by atoms with Gasteiger partial charge in [-0.3, -0.25) is 4.79 Å². The summed E-state index contributed by atoms with van der Waals surface area (Å²) in [5, 5.41) is 9.61. The van der Waals surface area contributed by atoms with Crippen LogP contribution in [0, 0.1) is 11.3 Å². The van der Waals surface area contributed by atoms with Gasteiger partial charge in [-0.25, -0.2) is 0 Å². The molecule has 3 aromatic rings. The van der Waals surface area contributed by atoms with Gasteiger partial charge in [-0.05, 0) is 35.9 Å². The van der Waals surface area contributed by atoms with Crippen molar-refractivity contribution in [2.75, 3.05) is 0 Å². The average molecular weight is 273 g/mol. The minimum Gasteiger partial charge on any atom is -0.456 e. The lowest BCUT2D eigenvalue weighted by Gasteiger charge is -1.99. The molecule has 0 atom stereocenters. The lowest BCUT2D eigenvalue weighted by atomic mass is 10.1. The first-order valence-corrected chi connectivity index (χ1v) is 6.48. The number of hydrogen-bond donors (Lipinski definition) is 0. The van der Waals surface area contributed by atoms with Crippen molar-refractivity contribution in [2.45, 2.75) is 0 Å². The largest absolute Gasteiger partial charge is 0.456 e. The van der Waals surface area contributed by atoms with Crippen molar-refractivity contribution in [2.24, 2.45) is 0 Å². The highest BCUT2D eigenvalue weighted by Gasteiger charge is 2.02. The Morgan fingerprint density at radius 3 is 2.62 bits per heavy atom. The fraction of sp³-hybridized carbons (Fsp3) is 0. The Labute approximate surface area is 121 Å². The standard InChI is InChI=1S/C18H11NO2/c19-12-14-6-2-1-5-13(14)9-10-15-11-17(20)16-7-3-4-8-18(16)21-15/h1-11H/b10-9+. The topological polar surface area (TPSA) is 54.0 Å². The minimum absolute atomic E-state index is 0.0786. The van der Waals surface area contributed by atoms with Crippen molar-refractivity contribution in [1.29, 1.82) is 5.26 Å². The molecule has 21 heavy (non-hydrogen) atoms. The number of para-hydroxylation sites is 1. The minimum atomic E-state index is -0.0786. The predicted octanol–water partition coefficient (Wildman–Crippen LogP) is 3.84. The summed E-state index contributed by atoms with van der Waals surface area (Å²) in [6.45, 7) is 0. The summed E-state index contributed by atoms with van der Waals surface area (Å²) < 4.78 is 5.67. The first kappa shape index (κ1) is 12.9. The van der Waals surface area contributed by atoms with E-state index in [1.807, 2.05) is 24.3 Å². The number of benzene rings is 2. The Morgan fingerprint density at radius 2 is 1.76 bits per heavy atom. The monoisotopic (exact) mass is 273 g/mol. The molecule has 0 saturated carbocycles. The van der Waals surface area contributed by atoms with E-state index in [1.165, 1.54) is 6.07 Å². The van der Waals surface area contributed by atoms with Crippen molar-refractivity contribution in [1.82, 2.24) is 0 Å². The van der Waals surface area contributed by atoms with Gasteiger partial charge in [0.2, 0.25) is 0 Å². The summed E-state index contributed by atoms with van der Waals surface area (Å²) in [4.78, 5) is 12.0. The number of nitriles is 1. The van der Waals surface area contributed by atoms with Gasteiger partial charge in [0.15, 0.2) is 5.43 Å². The molecular formula is C18H11NO2. The van der Waals surface area contributed by atoms with Crippen LogP contribution in [-0.4, -0.2) is 0 Å². The Balaban J connectivity index is 2.04. The molecule has 0 spiro atoms. The maximum atomic E-state index is 12.0. The summed E-state index contributed by atoms with van der Waals surface area (Å²) in [6, 6.07) is 18.0. The summed E-state index contributed by atoms with van der Waals surface area (Å²) in [5.41, 5.74) is 1.84. The van der Waals surface area contributed by atoms with Gasteiger partial charge in [0, 0.05) is 6.07 Å². The van der Waals surface area contributed by atoms with Gasteiger partial charge in [-0.2, -0.15) is 5.26 Å². The molecule has 100 valence electrons. The van der Waals surface area contributed by atoms with E-state index in [0.717, 1.165) is 5.56 Å². The van der Waals surface area contributed by atoms with Crippen LogP contribution in [0.3, 0.4) is 0 Å². The van der Waals surface area contributed by atoms with Crippen molar-refractivity contribution in [3.05, 3.63) is 81.7 Å². The summed E-state index contributed by atoms with van der Waals surface area (Å²) in [6.07, 6.45) is 3.47. The summed E-state index contributed by atoms with van der Waals surface area (Å²) >= 11 is 0. The van der Waals surface area contributed by atoms with Crippen LogP contribution < -0.4 is 5.43 Å². The molecular weight excluding hydrogens is 262 g/mol. The van der Waals surface area contributed by atoms with Crippen molar-refractivity contribution >= 4 is 23.1 Å². The highest BCUT2D eigenvalue weighted by atomic mass is 16.3. The second-order valence-electron chi connectivity index (χ2n) is 4.54. The molecule has 0 saturated heterocycles. The average Bonchev–Trinajstić information content (AvgIpc) is 2.53. The Bertz CT molecular complexity index is 930. The van der Waals surface area contributed by atoms with Crippen molar-refractivity contribution < 1.29 is 4.42 Å².